The van der Waals surface area contributed by atoms with Gasteiger partial charge >= 0.3 is 0 Å². The summed E-state index contributed by atoms with van der Waals surface area (Å²) in [5.41, 5.74) is 0.970. The Morgan fingerprint density at radius 1 is 1.32 bits per heavy atom. The summed E-state index contributed by atoms with van der Waals surface area (Å²) in [5, 5.41) is 13.7. The van der Waals surface area contributed by atoms with Crippen LogP contribution < -0.4 is 5.32 Å². The Kier molecular flexibility index (Phi) is 5.86. The molecule has 0 saturated heterocycles. The van der Waals surface area contributed by atoms with E-state index in [-0.39, 0.29) is 0 Å². The van der Waals surface area contributed by atoms with Crippen molar-refractivity contribution in [3.05, 3.63) is 34.3 Å². The van der Waals surface area contributed by atoms with Gasteiger partial charge in [0.15, 0.2) is 0 Å². The fourth-order valence-electron chi connectivity index (χ4n) is 2.93. The molecule has 0 bridgehead atoms. The molecule has 1 fully saturated rings. The van der Waals surface area contributed by atoms with Crippen LogP contribution in [0.15, 0.2) is 28.7 Å². The molecule has 0 amide bonds. The lowest BCUT2D eigenvalue weighted by Crippen LogP contribution is -2.37. The number of nitrogens with one attached hydrogen (secondary N) is 1. The lowest BCUT2D eigenvalue weighted by Gasteiger charge is -2.29. The van der Waals surface area contributed by atoms with E-state index in [4.69, 9.17) is 0 Å². The van der Waals surface area contributed by atoms with Crippen LogP contribution in [0.2, 0.25) is 0 Å². The molecule has 2 N–H and O–H groups in total. The SMILES string of the molecule is C[C@@H](NCC(O)c1cccc(Br)c1)C1CCCCC1. The van der Waals surface area contributed by atoms with Gasteiger partial charge in [0.2, 0.25) is 0 Å². The normalized spacial score (nSPS) is 20.2. The third-order valence-electron chi connectivity index (χ3n) is 4.22. The lowest BCUT2D eigenvalue weighted by atomic mass is 9.84. The molecular weight excluding hydrogens is 302 g/mol. The van der Waals surface area contributed by atoms with E-state index in [2.05, 4.69) is 28.2 Å². The van der Waals surface area contributed by atoms with E-state index in [9.17, 15) is 5.11 Å². The largest absolute Gasteiger partial charge is 0.387 e. The number of aliphatic hydroxyl groups is 1. The van der Waals surface area contributed by atoms with Gasteiger partial charge in [-0.1, -0.05) is 47.3 Å². The molecule has 2 atom stereocenters. The maximum Gasteiger partial charge on any atom is 0.0914 e. The Morgan fingerprint density at radius 2 is 2.05 bits per heavy atom. The summed E-state index contributed by atoms with van der Waals surface area (Å²) >= 11 is 3.44. The minimum absolute atomic E-state index is 0.427. The minimum atomic E-state index is -0.427. The molecule has 2 rings (SSSR count). The predicted octanol–water partition coefficient (Wildman–Crippen LogP) is 4.04. The highest BCUT2D eigenvalue weighted by molar-refractivity contribution is 9.10. The van der Waals surface area contributed by atoms with Gasteiger partial charge in [0.25, 0.3) is 0 Å². The van der Waals surface area contributed by atoms with Crippen molar-refractivity contribution in [2.75, 3.05) is 6.54 Å². The molecular formula is C16H24BrNO. The van der Waals surface area contributed by atoms with Gasteiger partial charge in [-0.3, -0.25) is 0 Å². The monoisotopic (exact) mass is 325 g/mol. The molecule has 106 valence electrons. The van der Waals surface area contributed by atoms with Gasteiger partial charge < -0.3 is 10.4 Å². The van der Waals surface area contributed by atoms with Gasteiger partial charge in [-0.25, -0.2) is 0 Å². The second-order valence-electron chi connectivity index (χ2n) is 5.67. The van der Waals surface area contributed by atoms with Crippen LogP contribution in [0.1, 0.15) is 50.7 Å². The van der Waals surface area contributed by atoms with Crippen LogP contribution in [0.25, 0.3) is 0 Å². The average Bonchev–Trinajstić information content (AvgIpc) is 2.45. The minimum Gasteiger partial charge on any atom is -0.387 e. The van der Waals surface area contributed by atoms with Gasteiger partial charge in [0, 0.05) is 17.1 Å². The Bertz CT molecular complexity index is 390. The predicted molar refractivity (Wildman–Crippen MR) is 83.1 cm³/mol. The van der Waals surface area contributed by atoms with E-state index < -0.39 is 6.10 Å². The quantitative estimate of drug-likeness (QED) is 0.856. The van der Waals surface area contributed by atoms with Crippen molar-refractivity contribution in [3.63, 3.8) is 0 Å². The van der Waals surface area contributed by atoms with E-state index in [1.165, 1.54) is 32.1 Å². The molecule has 19 heavy (non-hydrogen) atoms. The fraction of sp³-hybridized carbons (Fsp3) is 0.625. The molecule has 0 radical (unpaired) electrons. The zero-order valence-electron chi connectivity index (χ0n) is 11.6. The second-order valence-corrected chi connectivity index (χ2v) is 6.58. The molecule has 0 heterocycles. The Morgan fingerprint density at radius 3 is 2.74 bits per heavy atom. The summed E-state index contributed by atoms with van der Waals surface area (Å²) in [6, 6.07) is 8.41. The van der Waals surface area contributed by atoms with Gasteiger partial charge in [0.1, 0.15) is 0 Å². The molecule has 3 heteroatoms. The van der Waals surface area contributed by atoms with Crippen molar-refractivity contribution in [1.29, 1.82) is 0 Å². The van der Waals surface area contributed by atoms with E-state index in [0.717, 1.165) is 16.0 Å². The third-order valence-corrected chi connectivity index (χ3v) is 4.72. The summed E-state index contributed by atoms with van der Waals surface area (Å²) in [5.74, 6) is 0.781. The zero-order valence-corrected chi connectivity index (χ0v) is 13.2. The first kappa shape index (κ1) is 15.0. The topological polar surface area (TPSA) is 32.3 Å². The van der Waals surface area contributed by atoms with Crippen LogP contribution in [-0.4, -0.2) is 17.7 Å². The first-order chi connectivity index (χ1) is 9.16. The van der Waals surface area contributed by atoms with Crippen molar-refractivity contribution in [2.45, 2.75) is 51.2 Å². The number of halogens is 1. The van der Waals surface area contributed by atoms with E-state index >= 15 is 0 Å². The smallest absolute Gasteiger partial charge is 0.0914 e. The van der Waals surface area contributed by atoms with Crippen molar-refractivity contribution in [2.24, 2.45) is 5.92 Å². The molecule has 1 aliphatic rings. The van der Waals surface area contributed by atoms with Gasteiger partial charge in [0.05, 0.1) is 6.10 Å². The summed E-state index contributed by atoms with van der Waals surface area (Å²) in [4.78, 5) is 0. The molecule has 1 aliphatic carbocycles. The molecule has 0 aliphatic heterocycles. The number of rotatable bonds is 5. The molecule has 1 unspecified atom stereocenters. The maximum atomic E-state index is 10.2. The van der Waals surface area contributed by atoms with Gasteiger partial charge in [-0.15, -0.1) is 0 Å². The van der Waals surface area contributed by atoms with E-state index in [0.29, 0.717) is 12.6 Å². The number of benzene rings is 1. The van der Waals surface area contributed by atoms with Crippen molar-refractivity contribution in [1.82, 2.24) is 5.32 Å². The summed E-state index contributed by atoms with van der Waals surface area (Å²) in [7, 11) is 0. The standard InChI is InChI=1S/C16H24BrNO/c1-12(13-6-3-2-4-7-13)18-11-16(19)14-8-5-9-15(17)10-14/h5,8-10,12-13,16,18-19H,2-4,6-7,11H2,1H3/t12-,16?/m1/s1. The number of hydrogen-bond acceptors (Lipinski definition) is 2. The van der Waals surface area contributed by atoms with Gasteiger partial charge in [-0.05, 0) is 43.4 Å². The van der Waals surface area contributed by atoms with Crippen LogP contribution in [-0.2, 0) is 0 Å². The molecule has 1 aromatic carbocycles. The van der Waals surface area contributed by atoms with E-state index in [1.54, 1.807) is 0 Å². The highest BCUT2D eigenvalue weighted by Gasteiger charge is 2.20. The van der Waals surface area contributed by atoms with Crippen molar-refractivity contribution in [3.8, 4) is 0 Å². The second kappa shape index (κ2) is 7.41. The molecule has 0 aromatic heterocycles. The summed E-state index contributed by atoms with van der Waals surface area (Å²) < 4.78 is 1.02. The molecule has 1 saturated carbocycles. The number of hydrogen-bond donors (Lipinski definition) is 2. The van der Waals surface area contributed by atoms with Gasteiger partial charge in [-0.2, -0.15) is 0 Å². The lowest BCUT2D eigenvalue weighted by molar-refractivity contribution is 0.161. The van der Waals surface area contributed by atoms with Crippen LogP contribution in [0.5, 0.6) is 0 Å². The number of aliphatic hydroxyl groups excluding tert-OH is 1. The summed E-state index contributed by atoms with van der Waals surface area (Å²) in [6.07, 6.45) is 6.37. The highest BCUT2D eigenvalue weighted by atomic mass is 79.9. The Balaban J connectivity index is 1.80. The Labute approximate surface area is 124 Å². The molecule has 1 aromatic rings. The summed E-state index contributed by atoms with van der Waals surface area (Å²) in [6.45, 7) is 2.89. The first-order valence-electron chi connectivity index (χ1n) is 7.33. The van der Waals surface area contributed by atoms with E-state index in [1.807, 2.05) is 24.3 Å². The van der Waals surface area contributed by atoms with Crippen LogP contribution in [0.3, 0.4) is 0 Å². The van der Waals surface area contributed by atoms with Crippen LogP contribution in [0, 0.1) is 5.92 Å². The zero-order chi connectivity index (χ0) is 13.7. The Hall–Kier alpha value is -0.380. The van der Waals surface area contributed by atoms with Crippen LogP contribution in [0.4, 0.5) is 0 Å². The fourth-order valence-corrected chi connectivity index (χ4v) is 3.35. The third kappa shape index (κ3) is 4.59. The molecule has 0 spiro atoms. The van der Waals surface area contributed by atoms with Crippen LogP contribution >= 0.6 is 15.9 Å². The molecule has 2 nitrogen and oxygen atoms in total. The highest BCUT2D eigenvalue weighted by Crippen LogP contribution is 2.26. The first-order valence-corrected chi connectivity index (χ1v) is 8.13. The van der Waals surface area contributed by atoms with Crippen molar-refractivity contribution >= 4 is 15.9 Å². The maximum absolute atomic E-state index is 10.2. The average molecular weight is 326 g/mol. The van der Waals surface area contributed by atoms with Crippen molar-refractivity contribution < 1.29 is 5.11 Å².